The molecule has 1 aromatic rings. The molecule has 0 amide bonds. The predicted molar refractivity (Wildman–Crippen MR) is 86.9 cm³/mol. The summed E-state index contributed by atoms with van der Waals surface area (Å²) in [5.74, 6) is 0.260. The van der Waals surface area contributed by atoms with E-state index in [1.807, 2.05) is 30.3 Å². The zero-order chi connectivity index (χ0) is 15.3. The van der Waals surface area contributed by atoms with Gasteiger partial charge < -0.3 is 5.73 Å². The van der Waals surface area contributed by atoms with Crippen LogP contribution in [0.2, 0.25) is 0 Å². The van der Waals surface area contributed by atoms with Gasteiger partial charge in [0.2, 0.25) is 10.0 Å². The highest BCUT2D eigenvalue weighted by Crippen LogP contribution is 2.33. The molecular formula is C16H24N2O2S. The maximum Gasteiger partial charge on any atom is 0.234 e. The van der Waals surface area contributed by atoms with E-state index in [0.717, 1.165) is 31.2 Å². The average molecular weight is 308 g/mol. The Balaban J connectivity index is 2.14. The van der Waals surface area contributed by atoms with Gasteiger partial charge in [-0.1, -0.05) is 50.1 Å². The standard InChI is InChI=1S/C16H24N2O2S/c1-14-7-5-6-11-16(14,13-17)18-21(19,20)12-10-15-8-3-2-4-9-15/h2-4,8-10,12,14,18H,5-7,11,13,17H2,1H3/b12-10+. The van der Waals surface area contributed by atoms with Gasteiger partial charge >= 0.3 is 0 Å². The summed E-state index contributed by atoms with van der Waals surface area (Å²) < 4.78 is 27.5. The smallest absolute Gasteiger partial charge is 0.234 e. The highest BCUT2D eigenvalue weighted by Gasteiger charge is 2.39. The van der Waals surface area contributed by atoms with Gasteiger partial charge in [-0.25, -0.2) is 13.1 Å². The Morgan fingerprint density at radius 1 is 1.33 bits per heavy atom. The van der Waals surface area contributed by atoms with Crippen molar-refractivity contribution < 1.29 is 8.42 Å². The van der Waals surface area contributed by atoms with E-state index in [-0.39, 0.29) is 5.92 Å². The number of sulfonamides is 1. The van der Waals surface area contributed by atoms with Crippen molar-refractivity contribution in [1.82, 2.24) is 4.72 Å². The van der Waals surface area contributed by atoms with E-state index < -0.39 is 15.6 Å². The second kappa shape index (κ2) is 6.73. The van der Waals surface area contributed by atoms with Crippen LogP contribution >= 0.6 is 0 Å². The van der Waals surface area contributed by atoms with Crippen LogP contribution in [-0.2, 0) is 10.0 Å². The Bertz CT molecular complexity index is 584. The van der Waals surface area contributed by atoms with Crippen molar-refractivity contribution in [2.45, 2.75) is 38.1 Å². The number of nitrogens with two attached hydrogens (primary N) is 1. The molecule has 1 saturated carbocycles. The van der Waals surface area contributed by atoms with Crippen LogP contribution in [0.15, 0.2) is 35.7 Å². The Hall–Kier alpha value is -1.17. The van der Waals surface area contributed by atoms with E-state index >= 15 is 0 Å². The number of rotatable bonds is 5. The molecule has 116 valence electrons. The van der Waals surface area contributed by atoms with E-state index in [9.17, 15) is 8.42 Å². The molecular weight excluding hydrogens is 284 g/mol. The molecule has 2 rings (SSSR count). The van der Waals surface area contributed by atoms with Crippen molar-refractivity contribution in [3.05, 3.63) is 41.3 Å². The largest absolute Gasteiger partial charge is 0.329 e. The van der Waals surface area contributed by atoms with Gasteiger partial charge in [0.15, 0.2) is 0 Å². The van der Waals surface area contributed by atoms with E-state index in [1.54, 1.807) is 6.08 Å². The predicted octanol–water partition coefficient (Wildman–Crippen LogP) is 2.48. The molecule has 3 N–H and O–H groups in total. The third-order valence-corrected chi connectivity index (χ3v) is 5.59. The molecule has 0 aromatic heterocycles. The molecule has 1 aliphatic carbocycles. The molecule has 0 aliphatic heterocycles. The second-order valence-corrected chi connectivity index (χ2v) is 7.43. The fraction of sp³-hybridized carbons (Fsp3) is 0.500. The second-order valence-electron chi connectivity index (χ2n) is 5.87. The Kier molecular flexibility index (Phi) is 5.19. The number of nitrogens with one attached hydrogen (secondary N) is 1. The summed E-state index contributed by atoms with van der Waals surface area (Å²) in [4.78, 5) is 0. The fourth-order valence-electron chi connectivity index (χ4n) is 2.96. The first-order valence-electron chi connectivity index (χ1n) is 7.45. The van der Waals surface area contributed by atoms with Crippen LogP contribution in [0.3, 0.4) is 0 Å². The summed E-state index contributed by atoms with van der Waals surface area (Å²) in [5.41, 5.74) is 6.25. The van der Waals surface area contributed by atoms with E-state index in [2.05, 4.69) is 11.6 Å². The van der Waals surface area contributed by atoms with Crippen LogP contribution in [0, 0.1) is 5.92 Å². The quantitative estimate of drug-likeness (QED) is 0.878. The molecule has 2 atom stereocenters. The van der Waals surface area contributed by atoms with Gasteiger partial charge in [0.25, 0.3) is 0 Å². The lowest BCUT2D eigenvalue weighted by Crippen LogP contribution is -2.58. The molecule has 0 radical (unpaired) electrons. The highest BCUT2D eigenvalue weighted by molar-refractivity contribution is 7.92. The third kappa shape index (κ3) is 4.15. The molecule has 0 bridgehead atoms. The van der Waals surface area contributed by atoms with E-state index in [1.165, 1.54) is 5.41 Å². The molecule has 0 saturated heterocycles. The van der Waals surface area contributed by atoms with Gasteiger partial charge in [0.05, 0.1) is 0 Å². The first-order chi connectivity index (χ1) is 9.97. The molecule has 4 nitrogen and oxygen atoms in total. The van der Waals surface area contributed by atoms with Crippen molar-refractivity contribution in [3.63, 3.8) is 0 Å². The first-order valence-corrected chi connectivity index (χ1v) is 8.99. The van der Waals surface area contributed by atoms with Crippen LogP contribution in [-0.4, -0.2) is 20.5 Å². The molecule has 21 heavy (non-hydrogen) atoms. The lowest BCUT2D eigenvalue weighted by molar-refractivity contribution is 0.192. The summed E-state index contributed by atoms with van der Waals surface area (Å²) in [5, 5.41) is 1.24. The Morgan fingerprint density at radius 3 is 2.67 bits per heavy atom. The molecule has 0 heterocycles. The van der Waals surface area contributed by atoms with E-state index in [4.69, 9.17) is 5.73 Å². The highest BCUT2D eigenvalue weighted by atomic mass is 32.2. The van der Waals surface area contributed by atoms with Crippen molar-refractivity contribution in [2.24, 2.45) is 11.7 Å². The SMILES string of the molecule is CC1CCCCC1(CN)NS(=O)(=O)/C=C/c1ccccc1. The fourth-order valence-corrected chi connectivity index (χ4v) is 4.32. The van der Waals surface area contributed by atoms with Crippen molar-refractivity contribution >= 4 is 16.1 Å². The molecule has 5 heteroatoms. The van der Waals surface area contributed by atoms with Crippen LogP contribution in [0.25, 0.3) is 6.08 Å². The third-order valence-electron chi connectivity index (χ3n) is 4.40. The molecule has 2 unspecified atom stereocenters. The maximum atomic E-state index is 12.3. The van der Waals surface area contributed by atoms with Gasteiger partial charge in [0.1, 0.15) is 0 Å². The lowest BCUT2D eigenvalue weighted by atomic mass is 9.74. The lowest BCUT2D eigenvalue weighted by Gasteiger charge is -2.41. The van der Waals surface area contributed by atoms with Gasteiger partial charge in [-0.3, -0.25) is 0 Å². The zero-order valence-corrected chi connectivity index (χ0v) is 13.3. The van der Waals surface area contributed by atoms with Crippen molar-refractivity contribution in [1.29, 1.82) is 0 Å². The van der Waals surface area contributed by atoms with Crippen LogP contribution in [0.5, 0.6) is 0 Å². The van der Waals surface area contributed by atoms with Crippen molar-refractivity contribution in [3.8, 4) is 0 Å². The number of hydrogen-bond donors (Lipinski definition) is 2. The summed E-state index contributed by atoms with van der Waals surface area (Å²) in [6.45, 7) is 2.42. The maximum absolute atomic E-state index is 12.3. The zero-order valence-electron chi connectivity index (χ0n) is 12.5. The van der Waals surface area contributed by atoms with Gasteiger partial charge in [-0.05, 0) is 30.4 Å². The molecule has 1 aromatic carbocycles. The average Bonchev–Trinajstić information content (AvgIpc) is 2.49. The van der Waals surface area contributed by atoms with Gasteiger partial charge in [-0.15, -0.1) is 0 Å². The summed E-state index contributed by atoms with van der Waals surface area (Å²) in [6.07, 6.45) is 5.60. The number of hydrogen-bond acceptors (Lipinski definition) is 3. The monoisotopic (exact) mass is 308 g/mol. The van der Waals surface area contributed by atoms with Crippen LogP contribution in [0.1, 0.15) is 38.2 Å². The van der Waals surface area contributed by atoms with Crippen LogP contribution < -0.4 is 10.5 Å². The number of benzene rings is 1. The minimum absolute atomic E-state index is 0.260. The first kappa shape index (κ1) is 16.2. The molecule has 1 aliphatic rings. The van der Waals surface area contributed by atoms with Crippen molar-refractivity contribution in [2.75, 3.05) is 6.54 Å². The summed E-state index contributed by atoms with van der Waals surface area (Å²) >= 11 is 0. The van der Waals surface area contributed by atoms with Crippen LogP contribution in [0.4, 0.5) is 0 Å². The Labute approximate surface area is 127 Å². The minimum Gasteiger partial charge on any atom is -0.329 e. The van der Waals surface area contributed by atoms with Gasteiger partial charge in [0, 0.05) is 17.5 Å². The van der Waals surface area contributed by atoms with E-state index in [0.29, 0.717) is 6.54 Å². The molecule has 0 spiro atoms. The molecule has 1 fully saturated rings. The minimum atomic E-state index is -3.49. The topological polar surface area (TPSA) is 72.2 Å². The summed E-state index contributed by atoms with van der Waals surface area (Å²) in [7, 11) is -3.49. The normalized spacial score (nSPS) is 27.0. The summed E-state index contributed by atoms with van der Waals surface area (Å²) in [6, 6.07) is 9.40. The Morgan fingerprint density at radius 2 is 2.05 bits per heavy atom. The van der Waals surface area contributed by atoms with Gasteiger partial charge in [-0.2, -0.15) is 0 Å².